The van der Waals surface area contributed by atoms with Gasteiger partial charge >= 0.3 is 0 Å². The minimum absolute atomic E-state index is 0.137. The smallest absolute Gasteiger partial charge is 0.249 e. The molecule has 1 aliphatic heterocycles. The maximum Gasteiger partial charge on any atom is 0.249 e. The fraction of sp³-hybridized carbons (Fsp3) is 0.269. The van der Waals surface area contributed by atoms with Crippen LogP contribution >= 0.6 is 0 Å². The monoisotopic (exact) mass is 459 g/mol. The normalized spacial score (nSPS) is 14.4. The van der Waals surface area contributed by atoms with Crippen molar-refractivity contribution in [1.82, 2.24) is 14.5 Å². The Balaban J connectivity index is 1.60. The van der Waals surface area contributed by atoms with Gasteiger partial charge in [-0.1, -0.05) is 30.3 Å². The number of benzene rings is 2. The summed E-state index contributed by atoms with van der Waals surface area (Å²) in [5, 5.41) is 4.06. The number of nitrogens with one attached hydrogen (secondary N) is 1. The number of halogens is 1. The van der Waals surface area contributed by atoms with Crippen molar-refractivity contribution < 1.29 is 13.9 Å². The molecule has 2 aromatic heterocycles. The van der Waals surface area contributed by atoms with Crippen LogP contribution in [0.4, 0.5) is 10.2 Å². The van der Waals surface area contributed by atoms with Gasteiger partial charge in [0.2, 0.25) is 11.9 Å². The minimum atomic E-state index is -0.678. The molecular weight excluding hydrogens is 433 g/mol. The van der Waals surface area contributed by atoms with Crippen LogP contribution in [-0.2, 0) is 11.3 Å². The van der Waals surface area contributed by atoms with Gasteiger partial charge in [0.15, 0.2) is 0 Å². The molecule has 7 nitrogen and oxygen atoms in total. The number of carbonyl (C=O) groups excluding carboxylic acids is 1. The van der Waals surface area contributed by atoms with Crippen molar-refractivity contribution in [3.05, 3.63) is 82.9 Å². The summed E-state index contributed by atoms with van der Waals surface area (Å²) in [6, 6.07) is 14.4. The van der Waals surface area contributed by atoms with E-state index in [-0.39, 0.29) is 5.56 Å². The predicted octanol–water partition coefficient (Wildman–Crippen LogP) is 4.47. The van der Waals surface area contributed by atoms with E-state index in [0.29, 0.717) is 42.5 Å². The molecule has 1 aliphatic rings. The molecule has 0 saturated carbocycles. The summed E-state index contributed by atoms with van der Waals surface area (Å²) in [5.41, 5.74) is 9.09. The van der Waals surface area contributed by atoms with Gasteiger partial charge < -0.3 is 15.8 Å². The van der Waals surface area contributed by atoms with Crippen LogP contribution < -0.4 is 11.1 Å². The van der Waals surface area contributed by atoms with Gasteiger partial charge in [-0.3, -0.25) is 9.36 Å². The van der Waals surface area contributed by atoms with E-state index >= 15 is 0 Å². The Labute approximate surface area is 196 Å². The number of aromatic nitrogens is 3. The van der Waals surface area contributed by atoms with Crippen molar-refractivity contribution in [3.63, 3.8) is 0 Å². The zero-order chi connectivity index (χ0) is 23.7. The van der Waals surface area contributed by atoms with Crippen LogP contribution in [-0.4, -0.2) is 33.7 Å². The number of nitrogens with zero attached hydrogens (tertiary/aromatic N) is 3. The van der Waals surface area contributed by atoms with Crippen LogP contribution in [0.1, 0.15) is 45.9 Å². The molecule has 5 rings (SSSR count). The van der Waals surface area contributed by atoms with Gasteiger partial charge in [-0.2, -0.15) is 4.98 Å². The third-order valence-corrected chi connectivity index (χ3v) is 6.30. The highest BCUT2D eigenvalue weighted by atomic mass is 19.1. The number of hydrogen-bond acceptors (Lipinski definition) is 5. The molecule has 0 radical (unpaired) electrons. The Morgan fingerprint density at radius 2 is 1.97 bits per heavy atom. The average molecular weight is 460 g/mol. The Morgan fingerprint density at radius 1 is 1.21 bits per heavy atom. The van der Waals surface area contributed by atoms with Crippen molar-refractivity contribution in [2.75, 3.05) is 18.5 Å². The van der Waals surface area contributed by atoms with Gasteiger partial charge in [0.1, 0.15) is 11.6 Å². The molecule has 0 bridgehead atoms. The molecule has 3 N–H and O–H groups in total. The SMILES string of the molecule is Cc1cc2c(C(N)=O)cc(F)cc2n1-c1ncc(C2CCOCC2)c(NCc2ccccc2)n1. The van der Waals surface area contributed by atoms with Crippen molar-refractivity contribution in [2.45, 2.75) is 32.2 Å². The lowest BCUT2D eigenvalue weighted by atomic mass is 9.93. The van der Waals surface area contributed by atoms with Crippen molar-refractivity contribution in [3.8, 4) is 5.95 Å². The summed E-state index contributed by atoms with van der Waals surface area (Å²) in [5.74, 6) is 0.223. The second-order valence-electron chi connectivity index (χ2n) is 8.57. The van der Waals surface area contributed by atoms with Crippen LogP contribution in [0.25, 0.3) is 16.9 Å². The number of carbonyl (C=O) groups is 1. The summed E-state index contributed by atoms with van der Waals surface area (Å²) < 4.78 is 21.7. The number of amides is 1. The summed E-state index contributed by atoms with van der Waals surface area (Å²) >= 11 is 0. The van der Waals surface area contributed by atoms with Crippen LogP contribution in [0.5, 0.6) is 0 Å². The summed E-state index contributed by atoms with van der Waals surface area (Å²) in [4.78, 5) is 21.5. The predicted molar refractivity (Wildman–Crippen MR) is 129 cm³/mol. The Morgan fingerprint density at radius 3 is 2.71 bits per heavy atom. The lowest BCUT2D eigenvalue weighted by molar-refractivity contribution is 0.0853. The van der Waals surface area contributed by atoms with Crippen molar-refractivity contribution in [1.29, 1.82) is 0 Å². The molecule has 174 valence electrons. The van der Waals surface area contributed by atoms with Gasteiger partial charge in [-0.25, -0.2) is 9.37 Å². The molecular formula is C26H26FN5O2. The Hall–Kier alpha value is -3.78. The number of aryl methyl sites for hydroxylation is 1. The van der Waals surface area contributed by atoms with Gasteiger partial charge in [0.25, 0.3) is 0 Å². The molecule has 1 saturated heterocycles. The third kappa shape index (κ3) is 4.24. The number of anilines is 1. The van der Waals surface area contributed by atoms with E-state index in [1.54, 1.807) is 4.57 Å². The van der Waals surface area contributed by atoms with Crippen molar-refractivity contribution >= 4 is 22.6 Å². The molecule has 8 heteroatoms. The lowest BCUT2D eigenvalue weighted by Crippen LogP contribution is -2.18. The summed E-state index contributed by atoms with van der Waals surface area (Å²) in [7, 11) is 0. The van der Waals surface area contributed by atoms with E-state index in [2.05, 4.69) is 22.4 Å². The zero-order valence-corrected chi connectivity index (χ0v) is 18.9. The molecule has 0 spiro atoms. The maximum absolute atomic E-state index is 14.4. The van der Waals surface area contributed by atoms with E-state index in [1.807, 2.05) is 37.4 Å². The molecule has 1 amide bonds. The highest BCUT2D eigenvalue weighted by Crippen LogP contribution is 2.33. The van der Waals surface area contributed by atoms with Crippen LogP contribution in [0.2, 0.25) is 0 Å². The maximum atomic E-state index is 14.4. The minimum Gasteiger partial charge on any atom is -0.381 e. The van der Waals surface area contributed by atoms with E-state index in [4.69, 9.17) is 15.5 Å². The number of nitrogens with two attached hydrogens (primary N) is 1. The molecule has 2 aromatic carbocycles. The number of ether oxygens (including phenoxy) is 1. The number of primary amides is 1. The number of fused-ring (bicyclic) bond motifs is 1. The van der Waals surface area contributed by atoms with Crippen molar-refractivity contribution in [2.24, 2.45) is 5.73 Å². The third-order valence-electron chi connectivity index (χ3n) is 6.30. The second kappa shape index (κ2) is 9.23. The van der Waals surface area contributed by atoms with Gasteiger partial charge in [0, 0.05) is 42.6 Å². The van der Waals surface area contributed by atoms with E-state index < -0.39 is 11.7 Å². The van der Waals surface area contributed by atoms with Crippen LogP contribution in [0.3, 0.4) is 0 Å². The molecule has 4 aromatic rings. The first-order valence-electron chi connectivity index (χ1n) is 11.4. The van der Waals surface area contributed by atoms with E-state index in [0.717, 1.165) is 41.5 Å². The first kappa shape index (κ1) is 22.0. The topological polar surface area (TPSA) is 95.1 Å². The van der Waals surface area contributed by atoms with Crippen LogP contribution in [0.15, 0.2) is 54.7 Å². The fourth-order valence-electron chi connectivity index (χ4n) is 4.59. The van der Waals surface area contributed by atoms with Gasteiger partial charge in [0.05, 0.1) is 11.1 Å². The zero-order valence-electron chi connectivity index (χ0n) is 18.9. The largest absolute Gasteiger partial charge is 0.381 e. The number of rotatable bonds is 6. The van der Waals surface area contributed by atoms with E-state index in [1.165, 1.54) is 6.07 Å². The number of hydrogen-bond donors (Lipinski definition) is 2. The highest BCUT2D eigenvalue weighted by molar-refractivity contribution is 6.06. The lowest BCUT2D eigenvalue weighted by Gasteiger charge is -2.24. The second-order valence-corrected chi connectivity index (χ2v) is 8.57. The molecule has 0 unspecified atom stereocenters. The first-order valence-corrected chi connectivity index (χ1v) is 11.4. The molecule has 1 fully saturated rings. The first-order chi connectivity index (χ1) is 16.5. The van der Waals surface area contributed by atoms with Crippen LogP contribution in [0, 0.1) is 12.7 Å². The van der Waals surface area contributed by atoms with E-state index in [9.17, 15) is 9.18 Å². The fourth-order valence-corrected chi connectivity index (χ4v) is 4.59. The average Bonchev–Trinajstić information content (AvgIpc) is 3.18. The Kier molecular flexibility index (Phi) is 5.98. The molecule has 3 heterocycles. The quantitative estimate of drug-likeness (QED) is 0.444. The molecule has 0 aliphatic carbocycles. The summed E-state index contributed by atoms with van der Waals surface area (Å²) in [6.07, 6.45) is 3.66. The highest BCUT2D eigenvalue weighted by Gasteiger charge is 2.23. The molecule has 0 atom stereocenters. The Bertz CT molecular complexity index is 1350. The standard InChI is InChI=1S/C26H26FN5O2/c1-16-11-20-21(24(28)33)12-19(27)13-23(20)32(16)26-30-15-22(18-7-9-34-10-8-18)25(31-26)29-14-17-5-3-2-4-6-17/h2-6,11-13,15,18H,7-10,14H2,1H3,(H2,28,33)(H,29,30,31). The molecule has 34 heavy (non-hydrogen) atoms. The van der Waals surface area contributed by atoms with Gasteiger partial charge in [-0.15, -0.1) is 0 Å². The van der Waals surface area contributed by atoms with Gasteiger partial charge in [-0.05, 0) is 49.4 Å². The summed E-state index contributed by atoms with van der Waals surface area (Å²) in [6.45, 7) is 3.90.